The number of hydrogen-bond acceptors (Lipinski definition) is 7. The molecule has 3 aromatic heterocycles. The first kappa shape index (κ1) is 16.9. The van der Waals surface area contributed by atoms with Crippen molar-refractivity contribution in [1.29, 1.82) is 0 Å². The number of hydrogen-bond donors (Lipinski definition) is 1. The van der Waals surface area contributed by atoms with Crippen molar-refractivity contribution in [3.63, 3.8) is 0 Å². The molecular formula is C17H19N5O3S. The van der Waals surface area contributed by atoms with Crippen molar-refractivity contribution in [2.45, 2.75) is 17.9 Å². The Hall–Kier alpha value is -2.52. The SMILES string of the molecule is CC1COCCN1c1cc(S(C)(=O)=O)c2ccnc(-c3ccn[nH]3)c2n1. The van der Waals surface area contributed by atoms with Gasteiger partial charge in [-0.3, -0.25) is 10.1 Å². The third kappa shape index (κ3) is 2.93. The number of ether oxygens (including phenoxy) is 1. The van der Waals surface area contributed by atoms with E-state index in [4.69, 9.17) is 9.72 Å². The molecule has 4 heterocycles. The van der Waals surface area contributed by atoms with Gasteiger partial charge in [0, 0.05) is 30.6 Å². The van der Waals surface area contributed by atoms with E-state index in [9.17, 15) is 8.42 Å². The highest BCUT2D eigenvalue weighted by molar-refractivity contribution is 7.91. The summed E-state index contributed by atoms with van der Waals surface area (Å²) in [5.74, 6) is 0.613. The topological polar surface area (TPSA) is 101 Å². The first-order valence-corrected chi connectivity index (χ1v) is 10.2. The van der Waals surface area contributed by atoms with Crippen LogP contribution in [-0.2, 0) is 14.6 Å². The van der Waals surface area contributed by atoms with Crippen LogP contribution < -0.4 is 4.90 Å². The number of nitrogens with one attached hydrogen (secondary N) is 1. The minimum atomic E-state index is -3.45. The molecule has 0 spiro atoms. The summed E-state index contributed by atoms with van der Waals surface area (Å²) in [4.78, 5) is 11.5. The third-order valence-corrected chi connectivity index (χ3v) is 5.63. The molecule has 1 saturated heterocycles. The fourth-order valence-electron chi connectivity index (χ4n) is 3.21. The molecule has 4 rings (SSSR count). The average Bonchev–Trinajstić information content (AvgIpc) is 3.14. The summed E-state index contributed by atoms with van der Waals surface area (Å²) in [6, 6.07) is 5.22. The van der Waals surface area contributed by atoms with Gasteiger partial charge < -0.3 is 9.64 Å². The number of nitrogens with zero attached hydrogens (tertiary/aromatic N) is 4. The van der Waals surface area contributed by atoms with Gasteiger partial charge >= 0.3 is 0 Å². The zero-order chi connectivity index (χ0) is 18.3. The summed E-state index contributed by atoms with van der Waals surface area (Å²) in [6.07, 6.45) is 4.43. The molecule has 3 aromatic rings. The molecular weight excluding hydrogens is 354 g/mol. The molecule has 1 aliphatic heterocycles. The largest absolute Gasteiger partial charge is 0.377 e. The van der Waals surface area contributed by atoms with E-state index in [1.54, 1.807) is 30.6 Å². The second kappa shape index (κ2) is 6.33. The summed E-state index contributed by atoms with van der Waals surface area (Å²) < 4.78 is 30.4. The standard InChI is InChI=1S/C17H19N5O3S/c1-11-10-25-8-7-22(11)15-9-14(26(2,23)24)12-3-5-18-17(16(12)20-15)13-4-6-19-21-13/h3-6,9,11H,7-8,10H2,1-2H3,(H,19,21). The number of anilines is 1. The van der Waals surface area contributed by atoms with Crippen LogP contribution in [0.4, 0.5) is 5.82 Å². The minimum absolute atomic E-state index is 0.105. The number of fused-ring (bicyclic) bond motifs is 1. The quantitative estimate of drug-likeness (QED) is 0.745. The molecule has 1 atom stereocenters. The number of morpholine rings is 1. The molecule has 1 N–H and O–H groups in total. The Balaban J connectivity index is 2.01. The van der Waals surface area contributed by atoms with E-state index in [1.165, 1.54) is 6.26 Å². The third-order valence-electron chi connectivity index (χ3n) is 4.49. The molecule has 136 valence electrons. The number of pyridine rings is 2. The zero-order valence-corrected chi connectivity index (χ0v) is 15.3. The van der Waals surface area contributed by atoms with Gasteiger partial charge in [-0.1, -0.05) is 0 Å². The fourth-order valence-corrected chi connectivity index (χ4v) is 4.10. The summed E-state index contributed by atoms with van der Waals surface area (Å²) in [5.41, 5.74) is 1.80. The van der Waals surface area contributed by atoms with Crippen LogP contribution in [0.2, 0.25) is 0 Å². The summed E-state index contributed by atoms with van der Waals surface area (Å²) in [5, 5.41) is 7.39. The average molecular weight is 373 g/mol. The zero-order valence-electron chi connectivity index (χ0n) is 14.5. The van der Waals surface area contributed by atoms with Crippen LogP contribution >= 0.6 is 0 Å². The number of aromatic amines is 1. The number of rotatable bonds is 3. The van der Waals surface area contributed by atoms with Crippen molar-refractivity contribution in [2.75, 3.05) is 30.9 Å². The molecule has 1 unspecified atom stereocenters. The smallest absolute Gasteiger partial charge is 0.176 e. The van der Waals surface area contributed by atoms with Crippen molar-refractivity contribution in [3.05, 3.63) is 30.6 Å². The van der Waals surface area contributed by atoms with Crippen molar-refractivity contribution >= 4 is 26.6 Å². The van der Waals surface area contributed by atoms with Crippen LogP contribution in [0, 0.1) is 0 Å². The van der Waals surface area contributed by atoms with E-state index in [0.29, 0.717) is 47.9 Å². The Labute approximate surface area is 151 Å². The molecule has 0 aromatic carbocycles. The minimum Gasteiger partial charge on any atom is -0.377 e. The second-order valence-corrected chi connectivity index (χ2v) is 8.38. The lowest BCUT2D eigenvalue weighted by Crippen LogP contribution is -2.44. The molecule has 0 radical (unpaired) electrons. The van der Waals surface area contributed by atoms with E-state index >= 15 is 0 Å². The molecule has 0 bridgehead atoms. The van der Waals surface area contributed by atoms with Crippen LogP contribution in [-0.4, -0.2) is 60.6 Å². The van der Waals surface area contributed by atoms with E-state index in [0.717, 1.165) is 0 Å². The fraction of sp³-hybridized carbons (Fsp3) is 0.353. The van der Waals surface area contributed by atoms with Gasteiger partial charge in [-0.2, -0.15) is 5.10 Å². The monoisotopic (exact) mass is 373 g/mol. The molecule has 1 aliphatic rings. The summed E-state index contributed by atoms with van der Waals surface area (Å²) in [6.45, 7) is 3.85. The van der Waals surface area contributed by atoms with Crippen molar-refractivity contribution in [3.8, 4) is 11.4 Å². The second-order valence-electron chi connectivity index (χ2n) is 6.39. The van der Waals surface area contributed by atoms with Gasteiger partial charge in [-0.25, -0.2) is 13.4 Å². The van der Waals surface area contributed by atoms with Gasteiger partial charge in [0.15, 0.2) is 9.84 Å². The lowest BCUT2D eigenvalue weighted by Gasteiger charge is -2.34. The van der Waals surface area contributed by atoms with Crippen LogP contribution in [0.25, 0.3) is 22.3 Å². The first-order valence-electron chi connectivity index (χ1n) is 8.29. The number of H-pyrrole nitrogens is 1. The normalized spacial score (nSPS) is 18.4. The van der Waals surface area contributed by atoms with Gasteiger partial charge in [-0.05, 0) is 25.1 Å². The maximum Gasteiger partial charge on any atom is 0.176 e. The highest BCUT2D eigenvalue weighted by Gasteiger charge is 2.24. The van der Waals surface area contributed by atoms with Crippen LogP contribution in [0.3, 0.4) is 0 Å². The van der Waals surface area contributed by atoms with Crippen LogP contribution in [0.15, 0.2) is 35.5 Å². The van der Waals surface area contributed by atoms with E-state index < -0.39 is 9.84 Å². The Bertz CT molecular complexity index is 1050. The molecule has 1 fully saturated rings. The summed E-state index contributed by atoms with van der Waals surface area (Å²) >= 11 is 0. The van der Waals surface area contributed by atoms with Crippen LogP contribution in [0.1, 0.15) is 6.92 Å². The van der Waals surface area contributed by atoms with Crippen molar-refractivity contribution in [2.24, 2.45) is 0 Å². The Morgan fingerprint density at radius 2 is 2.15 bits per heavy atom. The lowest BCUT2D eigenvalue weighted by atomic mass is 10.1. The highest BCUT2D eigenvalue weighted by Crippen LogP contribution is 2.32. The predicted molar refractivity (Wildman–Crippen MR) is 97.9 cm³/mol. The van der Waals surface area contributed by atoms with Crippen LogP contribution in [0.5, 0.6) is 0 Å². The first-order chi connectivity index (χ1) is 12.4. The molecule has 0 aliphatic carbocycles. The van der Waals surface area contributed by atoms with E-state index in [1.807, 2.05) is 6.92 Å². The number of sulfone groups is 1. The number of aromatic nitrogens is 4. The predicted octanol–water partition coefficient (Wildman–Crippen LogP) is 1.65. The van der Waals surface area contributed by atoms with Gasteiger partial charge in [0.2, 0.25) is 0 Å². The molecule has 8 nitrogen and oxygen atoms in total. The van der Waals surface area contributed by atoms with Gasteiger partial charge in [-0.15, -0.1) is 0 Å². The van der Waals surface area contributed by atoms with E-state index in [-0.39, 0.29) is 10.9 Å². The van der Waals surface area contributed by atoms with Gasteiger partial charge in [0.05, 0.1) is 29.8 Å². The van der Waals surface area contributed by atoms with Crippen molar-refractivity contribution < 1.29 is 13.2 Å². The highest BCUT2D eigenvalue weighted by atomic mass is 32.2. The van der Waals surface area contributed by atoms with E-state index in [2.05, 4.69) is 20.1 Å². The molecule has 26 heavy (non-hydrogen) atoms. The van der Waals surface area contributed by atoms with Gasteiger partial charge in [0.25, 0.3) is 0 Å². The Kier molecular flexibility index (Phi) is 4.12. The summed E-state index contributed by atoms with van der Waals surface area (Å²) in [7, 11) is -3.45. The molecule has 0 amide bonds. The van der Waals surface area contributed by atoms with Crippen molar-refractivity contribution in [1.82, 2.24) is 20.2 Å². The molecule has 9 heteroatoms. The Morgan fingerprint density at radius 3 is 2.85 bits per heavy atom. The molecule has 0 saturated carbocycles. The Morgan fingerprint density at radius 1 is 1.31 bits per heavy atom. The maximum atomic E-state index is 12.4. The van der Waals surface area contributed by atoms with Gasteiger partial charge in [0.1, 0.15) is 17.0 Å². The maximum absolute atomic E-state index is 12.4. The lowest BCUT2D eigenvalue weighted by molar-refractivity contribution is 0.0985.